The summed E-state index contributed by atoms with van der Waals surface area (Å²) in [5, 5.41) is 6.33. The number of thiazole rings is 1. The summed E-state index contributed by atoms with van der Waals surface area (Å²) in [6, 6.07) is 0. The molecule has 0 bridgehead atoms. The van der Waals surface area contributed by atoms with E-state index < -0.39 is 0 Å². The van der Waals surface area contributed by atoms with E-state index in [9.17, 15) is 0 Å². The molecular formula is C9H13N5OS. The molecule has 0 unspecified atom stereocenters. The van der Waals surface area contributed by atoms with Crippen LogP contribution in [0.3, 0.4) is 0 Å². The summed E-state index contributed by atoms with van der Waals surface area (Å²) in [7, 11) is 3.91. The molecule has 0 amide bonds. The van der Waals surface area contributed by atoms with Gasteiger partial charge in [0.1, 0.15) is 0 Å². The molecule has 0 aliphatic heterocycles. The summed E-state index contributed by atoms with van der Waals surface area (Å²) < 4.78 is 5.11. The highest BCUT2D eigenvalue weighted by Crippen LogP contribution is 2.14. The first kappa shape index (κ1) is 11.0. The molecule has 0 saturated heterocycles. The van der Waals surface area contributed by atoms with Crippen LogP contribution in [-0.4, -0.2) is 34.1 Å². The third-order valence-electron chi connectivity index (χ3n) is 1.87. The number of rotatable bonds is 4. The summed E-state index contributed by atoms with van der Waals surface area (Å²) in [5.41, 5.74) is 6.40. The van der Waals surface area contributed by atoms with Gasteiger partial charge in [-0.2, -0.15) is 4.98 Å². The van der Waals surface area contributed by atoms with Crippen molar-refractivity contribution < 1.29 is 4.52 Å². The molecule has 0 saturated carbocycles. The molecule has 2 heterocycles. The first-order valence-electron chi connectivity index (χ1n) is 4.79. The molecule has 2 N–H and O–H groups in total. The van der Waals surface area contributed by atoms with Gasteiger partial charge < -0.3 is 15.2 Å². The van der Waals surface area contributed by atoms with Crippen LogP contribution in [0.5, 0.6) is 0 Å². The van der Waals surface area contributed by atoms with E-state index in [0.717, 1.165) is 5.69 Å². The van der Waals surface area contributed by atoms with Gasteiger partial charge in [-0.15, -0.1) is 11.3 Å². The van der Waals surface area contributed by atoms with E-state index >= 15 is 0 Å². The SMILES string of the molecule is CN(C)Cc1noc(Cc2csc(N)n2)n1. The maximum absolute atomic E-state index is 5.54. The molecule has 0 aliphatic rings. The number of nitrogens with zero attached hydrogens (tertiary/aromatic N) is 4. The topological polar surface area (TPSA) is 81.1 Å². The molecule has 2 rings (SSSR count). The first-order chi connectivity index (χ1) is 7.63. The van der Waals surface area contributed by atoms with E-state index in [4.69, 9.17) is 10.3 Å². The number of nitrogens with two attached hydrogens (primary N) is 1. The molecule has 7 heteroatoms. The van der Waals surface area contributed by atoms with Crippen molar-refractivity contribution in [1.29, 1.82) is 0 Å². The van der Waals surface area contributed by atoms with Gasteiger partial charge in [0.05, 0.1) is 18.7 Å². The van der Waals surface area contributed by atoms with Crippen molar-refractivity contribution in [2.45, 2.75) is 13.0 Å². The van der Waals surface area contributed by atoms with Crippen LogP contribution in [0.4, 0.5) is 5.13 Å². The Morgan fingerprint density at radius 1 is 1.44 bits per heavy atom. The average molecular weight is 239 g/mol. The van der Waals surface area contributed by atoms with E-state index in [1.54, 1.807) is 0 Å². The molecule has 0 fully saturated rings. The number of hydrogen-bond acceptors (Lipinski definition) is 7. The normalized spacial score (nSPS) is 11.2. The van der Waals surface area contributed by atoms with Gasteiger partial charge in [-0.25, -0.2) is 4.98 Å². The number of aromatic nitrogens is 3. The fourth-order valence-corrected chi connectivity index (χ4v) is 1.83. The Kier molecular flexibility index (Phi) is 3.16. The molecule has 0 radical (unpaired) electrons. The fraction of sp³-hybridized carbons (Fsp3) is 0.444. The summed E-state index contributed by atoms with van der Waals surface area (Å²) in [6.07, 6.45) is 0.536. The molecule has 0 atom stereocenters. The van der Waals surface area contributed by atoms with E-state index in [-0.39, 0.29) is 0 Å². The quantitative estimate of drug-likeness (QED) is 0.848. The second kappa shape index (κ2) is 4.58. The van der Waals surface area contributed by atoms with E-state index in [2.05, 4.69) is 15.1 Å². The van der Waals surface area contributed by atoms with Gasteiger partial charge in [0.15, 0.2) is 11.0 Å². The lowest BCUT2D eigenvalue weighted by atomic mass is 10.3. The Morgan fingerprint density at radius 2 is 2.25 bits per heavy atom. The molecule has 0 aromatic carbocycles. The highest BCUT2D eigenvalue weighted by atomic mass is 32.1. The van der Waals surface area contributed by atoms with Crippen LogP contribution < -0.4 is 5.73 Å². The van der Waals surface area contributed by atoms with Gasteiger partial charge in [-0.3, -0.25) is 0 Å². The minimum atomic E-state index is 0.536. The third-order valence-corrected chi connectivity index (χ3v) is 2.59. The van der Waals surface area contributed by atoms with Crippen molar-refractivity contribution >= 4 is 16.5 Å². The second-order valence-corrected chi connectivity index (χ2v) is 4.59. The Morgan fingerprint density at radius 3 is 2.88 bits per heavy atom. The monoisotopic (exact) mass is 239 g/mol. The van der Waals surface area contributed by atoms with Gasteiger partial charge in [-0.05, 0) is 14.1 Å². The summed E-state index contributed by atoms with van der Waals surface area (Å²) in [6.45, 7) is 0.669. The smallest absolute Gasteiger partial charge is 0.232 e. The number of anilines is 1. The molecule has 0 aliphatic carbocycles. The van der Waals surface area contributed by atoms with Crippen LogP contribution in [0.15, 0.2) is 9.90 Å². The largest absolute Gasteiger partial charge is 0.375 e. The van der Waals surface area contributed by atoms with Crippen LogP contribution in [0.25, 0.3) is 0 Å². The van der Waals surface area contributed by atoms with Gasteiger partial charge >= 0.3 is 0 Å². The third kappa shape index (κ3) is 2.77. The lowest BCUT2D eigenvalue weighted by molar-refractivity contribution is 0.351. The molecule has 2 aromatic heterocycles. The molecule has 2 aromatic rings. The Hall–Kier alpha value is -1.47. The Bertz CT molecular complexity index is 464. The zero-order chi connectivity index (χ0) is 11.5. The van der Waals surface area contributed by atoms with Crippen molar-refractivity contribution in [2.24, 2.45) is 0 Å². The first-order valence-corrected chi connectivity index (χ1v) is 5.67. The number of hydrogen-bond donors (Lipinski definition) is 1. The molecule has 0 spiro atoms. The molecule has 86 valence electrons. The lowest BCUT2D eigenvalue weighted by Crippen LogP contribution is -2.11. The van der Waals surface area contributed by atoms with Crippen molar-refractivity contribution in [3.63, 3.8) is 0 Å². The van der Waals surface area contributed by atoms with Crippen LogP contribution >= 0.6 is 11.3 Å². The minimum Gasteiger partial charge on any atom is -0.375 e. The predicted molar refractivity (Wildman–Crippen MR) is 61.0 cm³/mol. The van der Waals surface area contributed by atoms with Gasteiger partial charge in [0, 0.05) is 5.38 Å². The maximum atomic E-state index is 5.54. The van der Waals surface area contributed by atoms with Gasteiger partial charge in [-0.1, -0.05) is 5.16 Å². The molecule has 16 heavy (non-hydrogen) atoms. The van der Waals surface area contributed by atoms with E-state index in [1.807, 2.05) is 24.4 Å². The molecule has 6 nitrogen and oxygen atoms in total. The second-order valence-electron chi connectivity index (χ2n) is 3.70. The predicted octanol–water partition coefficient (Wildman–Crippen LogP) is 0.761. The van der Waals surface area contributed by atoms with Crippen molar-refractivity contribution in [1.82, 2.24) is 20.0 Å². The van der Waals surface area contributed by atoms with Crippen LogP contribution in [0, 0.1) is 0 Å². The Labute approximate surface area is 97.1 Å². The Balaban J connectivity index is 2.02. The van der Waals surface area contributed by atoms with Gasteiger partial charge in [0.2, 0.25) is 5.89 Å². The summed E-state index contributed by atoms with van der Waals surface area (Å²) >= 11 is 1.41. The van der Waals surface area contributed by atoms with Crippen LogP contribution in [0.1, 0.15) is 17.4 Å². The minimum absolute atomic E-state index is 0.536. The van der Waals surface area contributed by atoms with E-state index in [0.29, 0.717) is 29.8 Å². The van der Waals surface area contributed by atoms with Crippen molar-refractivity contribution in [3.05, 3.63) is 22.8 Å². The molecular weight excluding hydrogens is 226 g/mol. The zero-order valence-corrected chi connectivity index (χ0v) is 9.99. The highest BCUT2D eigenvalue weighted by Gasteiger charge is 2.09. The lowest BCUT2D eigenvalue weighted by Gasteiger charge is -2.03. The number of nitrogen functional groups attached to an aromatic ring is 1. The summed E-state index contributed by atoms with van der Waals surface area (Å²) in [4.78, 5) is 10.4. The summed E-state index contributed by atoms with van der Waals surface area (Å²) in [5.74, 6) is 1.25. The van der Waals surface area contributed by atoms with E-state index in [1.165, 1.54) is 11.3 Å². The highest BCUT2D eigenvalue weighted by molar-refractivity contribution is 7.13. The van der Waals surface area contributed by atoms with Gasteiger partial charge in [0.25, 0.3) is 0 Å². The maximum Gasteiger partial charge on any atom is 0.232 e. The van der Waals surface area contributed by atoms with Crippen LogP contribution in [0.2, 0.25) is 0 Å². The average Bonchev–Trinajstić information content (AvgIpc) is 2.76. The van der Waals surface area contributed by atoms with Crippen molar-refractivity contribution in [2.75, 3.05) is 19.8 Å². The zero-order valence-electron chi connectivity index (χ0n) is 9.17. The fourth-order valence-electron chi connectivity index (χ4n) is 1.27. The van der Waals surface area contributed by atoms with Crippen LogP contribution in [-0.2, 0) is 13.0 Å². The standard InChI is InChI=1S/C9H13N5OS/c1-14(2)4-7-12-8(15-13-7)3-6-5-16-9(10)11-6/h5H,3-4H2,1-2H3,(H2,10,11). The van der Waals surface area contributed by atoms with Crippen molar-refractivity contribution in [3.8, 4) is 0 Å².